The molecule has 0 atom stereocenters. The molecule has 2 N–H and O–H groups in total. The maximum Gasteiger partial charge on any atom is 0.235 e. The second kappa shape index (κ2) is 8.82. The molecule has 0 radical (unpaired) electrons. The summed E-state index contributed by atoms with van der Waals surface area (Å²) in [5, 5.41) is 25.0. The van der Waals surface area contributed by atoms with Gasteiger partial charge in [-0.05, 0) is 37.0 Å². The Bertz CT molecular complexity index is 1090. The Hall–Kier alpha value is -2.61. The van der Waals surface area contributed by atoms with Gasteiger partial charge < -0.3 is 15.4 Å². The van der Waals surface area contributed by atoms with Gasteiger partial charge in [-0.1, -0.05) is 29.2 Å². The molecule has 0 bridgehead atoms. The maximum absolute atomic E-state index is 12.3. The second-order valence-corrected chi connectivity index (χ2v) is 9.55. The van der Waals surface area contributed by atoms with E-state index < -0.39 is 0 Å². The SMILES string of the molecule is COc1cccc(Nc2nnc(SCC(=O)Nc3sc4c(c3C#N)CCC4)s2)c1. The van der Waals surface area contributed by atoms with Crippen LogP contribution in [0.15, 0.2) is 28.6 Å². The summed E-state index contributed by atoms with van der Waals surface area (Å²) in [4.78, 5) is 13.6. The van der Waals surface area contributed by atoms with E-state index in [-0.39, 0.29) is 11.7 Å². The molecule has 10 heteroatoms. The minimum absolute atomic E-state index is 0.149. The summed E-state index contributed by atoms with van der Waals surface area (Å²) in [6.45, 7) is 0. The standard InChI is InChI=1S/C19H17N5O2S3/c1-26-12-5-2-4-11(8-12)21-18-23-24-19(29-18)27-10-16(25)22-17-14(9-20)13-6-3-7-15(13)28-17/h2,4-5,8H,3,6-7,10H2,1H3,(H,21,23)(H,22,25). The third kappa shape index (κ3) is 4.53. The van der Waals surface area contributed by atoms with Gasteiger partial charge in [0, 0.05) is 16.6 Å². The first-order valence-electron chi connectivity index (χ1n) is 8.88. The fraction of sp³-hybridized carbons (Fsp3) is 0.263. The molecule has 2 heterocycles. The zero-order valence-corrected chi connectivity index (χ0v) is 18.0. The third-order valence-corrected chi connectivity index (χ3v) is 7.52. The van der Waals surface area contributed by atoms with Crippen LogP contribution in [-0.4, -0.2) is 29.0 Å². The van der Waals surface area contributed by atoms with E-state index in [0.29, 0.717) is 20.0 Å². The lowest BCUT2D eigenvalue weighted by Gasteiger charge is -2.04. The zero-order chi connectivity index (χ0) is 20.2. The van der Waals surface area contributed by atoms with Gasteiger partial charge in [-0.25, -0.2) is 0 Å². The lowest BCUT2D eigenvalue weighted by Crippen LogP contribution is -2.13. The Kier molecular flexibility index (Phi) is 5.99. The van der Waals surface area contributed by atoms with E-state index in [1.807, 2.05) is 24.3 Å². The Morgan fingerprint density at radius 1 is 1.34 bits per heavy atom. The Labute approximate surface area is 180 Å². The molecule has 148 valence electrons. The van der Waals surface area contributed by atoms with Crippen molar-refractivity contribution >= 4 is 56.2 Å². The van der Waals surface area contributed by atoms with Crippen LogP contribution in [0.25, 0.3) is 0 Å². The number of fused-ring (bicyclic) bond motifs is 1. The maximum atomic E-state index is 12.3. The van der Waals surface area contributed by atoms with Crippen molar-refractivity contribution in [2.75, 3.05) is 23.5 Å². The number of thioether (sulfide) groups is 1. The molecule has 4 rings (SSSR count). The molecule has 0 saturated heterocycles. The molecule has 0 fully saturated rings. The zero-order valence-electron chi connectivity index (χ0n) is 15.5. The number of aromatic nitrogens is 2. The number of carbonyl (C=O) groups excluding carboxylic acids is 1. The van der Waals surface area contributed by atoms with Gasteiger partial charge in [0.1, 0.15) is 16.8 Å². The Balaban J connectivity index is 1.33. The molecule has 0 aliphatic heterocycles. The van der Waals surface area contributed by atoms with Gasteiger partial charge in [0.2, 0.25) is 11.0 Å². The van der Waals surface area contributed by atoms with Crippen LogP contribution in [0.5, 0.6) is 5.75 Å². The fourth-order valence-corrected chi connectivity index (χ4v) is 5.87. The van der Waals surface area contributed by atoms with E-state index in [0.717, 1.165) is 36.3 Å². The average molecular weight is 444 g/mol. The number of hydrogen-bond acceptors (Lipinski definition) is 9. The van der Waals surface area contributed by atoms with Crippen LogP contribution in [-0.2, 0) is 17.6 Å². The molecule has 1 amide bonds. The van der Waals surface area contributed by atoms with Crippen molar-refractivity contribution in [1.82, 2.24) is 10.2 Å². The van der Waals surface area contributed by atoms with Gasteiger partial charge in [-0.2, -0.15) is 5.26 Å². The number of hydrogen-bond donors (Lipinski definition) is 2. The summed E-state index contributed by atoms with van der Waals surface area (Å²) < 4.78 is 5.90. The molecule has 0 unspecified atom stereocenters. The number of benzene rings is 1. The number of rotatable bonds is 7. The molecule has 3 aromatic rings. The first-order chi connectivity index (χ1) is 14.2. The van der Waals surface area contributed by atoms with Gasteiger partial charge in [-0.3, -0.25) is 4.79 Å². The molecule has 1 aromatic carbocycles. The molecule has 7 nitrogen and oxygen atoms in total. The predicted molar refractivity (Wildman–Crippen MR) is 117 cm³/mol. The minimum atomic E-state index is -0.149. The van der Waals surface area contributed by atoms with Crippen LogP contribution in [0.4, 0.5) is 15.8 Å². The van der Waals surface area contributed by atoms with Gasteiger partial charge >= 0.3 is 0 Å². The highest BCUT2D eigenvalue weighted by atomic mass is 32.2. The van der Waals surface area contributed by atoms with Gasteiger partial charge in [-0.15, -0.1) is 21.5 Å². The molecule has 2 aromatic heterocycles. The Morgan fingerprint density at radius 3 is 3.07 bits per heavy atom. The summed E-state index contributed by atoms with van der Waals surface area (Å²) in [5.74, 6) is 0.812. The van der Waals surface area contributed by atoms with Crippen molar-refractivity contribution in [2.45, 2.75) is 23.6 Å². The van der Waals surface area contributed by atoms with Crippen LogP contribution in [0.2, 0.25) is 0 Å². The average Bonchev–Trinajstić information content (AvgIpc) is 3.43. The van der Waals surface area contributed by atoms with E-state index in [2.05, 4.69) is 26.9 Å². The van der Waals surface area contributed by atoms with Crippen molar-refractivity contribution < 1.29 is 9.53 Å². The summed E-state index contributed by atoms with van der Waals surface area (Å²) in [7, 11) is 1.62. The molecule has 0 spiro atoms. The van der Waals surface area contributed by atoms with Crippen LogP contribution in [0.3, 0.4) is 0 Å². The number of carbonyl (C=O) groups is 1. The normalized spacial score (nSPS) is 12.3. The third-order valence-electron chi connectivity index (χ3n) is 4.34. The van der Waals surface area contributed by atoms with Crippen molar-refractivity contribution in [3.8, 4) is 11.8 Å². The van der Waals surface area contributed by atoms with Crippen molar-refractivity contribution in [2.24, 2.45) is 0 Å². The molecule has 29 heavy (non-hydrogen) atoms. The van der Waals surface area contributed by atoms with E-state index in [1.54, 1.807) is 7.11 Å². The number of methoxy groups -OCH3 is 1. The summed E-state index contributed by atoms with van der Waals surface area (Å²) >= 11 is 4.22. The van der Waals surface area contributed by atoms with Crippen LogP contribution in [0.1, 0.15) is 22.4 Å². The van der Waals surface area contributed by atoms with Crippen LogP contribution >= 0.6 is 34.4 Å². The van der Waals surface area contributed by atoms with E-state index in [1.165, 1.54) is 39.3 Å². The van der Waals surface area contributed by atoms with Crippen LogP contribution in [0, 0.1) is 11.3 Å². The summed E-state index contributed by atoms with van der Waals surface area (Å²) in [6, 6.07) is 9.77. The summed E-state index contributed by atoms with van der Waals surface area (Å²) in [5.41, 5.74) is 2.59. The molecular formula is C19H17N5O2S3. The number of thiophene rings is 1. The first-order valence-corrected chi connectivity index (χ1v) is 11.5. The number of nitrogens with zero attached hydrogens (tertiary/aromatic N) is 3. The second-order valence-electron chi connectivity index (χ2n) is 6.24. The number of ether oxygens (including phenoxy) is 1. The van der Waals surface area contributed by atoms with Crippen molar-refractivity contribution in [3.05, 3.63) is 40.3 Å². The first kappa shape index (κ1) is 19.7. The quantitative estimate of drug-likeness (QED) is 0.521. The Morgan fingerprint density at radius 2 is 2.24 bits per heavy atom. The molecule has 1 aliphatic carbocycles. The molecule has 0 saturated carbocycles. The topological polar surface area (TPSA) is 99.9 Å². The largest absolute Gasteiger partial charge is 0.497 e. The molecular weight excluding hydrogens is 426 g/mol. The predicted octanol–water partition coefficient (Wildman–Crippen LogP) is 4.44. The van der Waals surface area contributed by atoms with E-state index in [9.17, 15) is 10.1 Å². The van der Waals surface area contributed by atoms with Crippen molar-refractivity contribution in [3.63, 3.8) is 0 Å². The minimum Gasteiger partial charge on any atom is -0.497 e. The number of nitrogens with one attached hydrogen (secondary N) is 2. The smallest absolute Gasteiger partial charge is 0.235 e. The molecule has 1 aliphatic rings. The van der Waals surface area contributed by atoms with E-state index >= 15 is 0 Å². The lowest BCUT2D eigenvalue weighted by atomic mass is 10.1. The lowest BCUT2D eigenvalue weighted by molar-refractivity contribution is -0.113. The number of nitriles is 1. The van der Waals surface area contributed by atoms with E-state index in [4.69, 9.17) is 4.74 Å². The highest BCUT2D eigenvalue weighted by Gasteiger charge is 2.23. The highest BCUT2D eigenvalue weighted by molar-refractivity contribution is 8.01. The van der Waals surface area contributed by atoms with Crippen molar-refractivity contribution in [1.29, 1.82) is 5.26 Å². The van der Waals surface area contributed by atoms with Gasteiger partial charge in [0.05, 0.1) is 18.4 Å². The van der Waals surface area contributed by atoms with Crippen LogP contribution < -0.4 is 15.4 Å². The number of anilines is 3. The van der Waals surface area contributed by atoms with Gasteiger partial charge in [0.15, 0.2) is 4.34 Å². The summed E-state index contributed by atoms with van der Waals surface area (Å²) in [6.07, 6.45) is 3.00. The van der Waals surface area contributed by atoms with Gasteiger partial charge in [0.25, 0.3) is 0 Å². The number of aryl methyl sites for hydroxylation is 1. The fourth-order valence-electron chi connectivity index (χ4n) is 3.04. The monoisotopic (exact) mass is 443 g/mol. The number of amides is 1. The highest BCUT2D eigenvalue weighted by Crippen LogP contribution is 2.38.